The standard InChI is InChI=1S/C15H22N2O2/c1-10(15(18)19-3)11(2)17-9-5-6-12-13(16)7-4-8-14(12)17/h4,7-8,10-11H,5-6,9,16H2,1-3H3. The lowest BCUT2D eigenvalue weighted by atomic mass is 9.94. The van der Waals surface area contributed by atoms with Crippen LogP contribution in [-0.4, -0.2) is 25.7 Å². The Bertz CT molecular complexity index is 473. The summed E-state index contributed by atoms with van der Waals surface area (Å²) in [4.78, 5) is 14.0. The van der Waals surface area contributed by atoms with Crippen molar-refractivity contribution in [1.29, 1.82) is 0 Å². The molecular weight excluding hydrogens is 240 g/mol. The van der Waals surface area contributed by atoms with E-state index in [0.717, 1.165) is 30.8 Å². The van der Waals surface area contributed by atoms with E-state index in [-0.39, 0.29) is 17.9 Å². The van der Waals surface area contributed by atoms with Gasteiger partial charge in [0.15, 0.2) is 0 Å². The van der Waals surface area contributed by atoms with Crippen LogP contribution in [0, 0.1) is 5.92 Å². The van der Waals surface area contributed by atoms with Crippen molar-refractivity contribution >= 4 is 17.3 Å². The van der Waals surface area contributed by atoms with Crippen molar-refractivity contribution in [1.82, 2.24) is 0 Å². The molecule has 2 rings (SSSR count). The van der Waals surface area contributed by atoms with E-state index in [1.165, 1.54) is 12.7 Å². The average molecular weight is 262 g/mol. The van der Waals surface area contributed by atoms with Crippen molar-refractivity contribution in [3.05, 3.63) is 23.8 Å². The maximum Gasteiger partial charge on any atom is 0.310 e. The molecule has 4 nitrogen and oxygen atoms in total. The van der Waals surface area contributed by atoms with E-state index in [9.17, 15) is 4.79 Å². The predicted molar refractivity (Wildman–Crippen MR) is 77.2 cm³/mol. The monoisotopic (exact) mass is 262 g/mol. The van der Waals surface area contributed by atoms with Gasteiger partial charge in [-0.05, 0) is 44.4 Å². The molecule has 2 unspecified atom stereocenters. The second-order valence-corrected chi connectivity index (χ2v) is 5.19. The van der Waals surface area contributed by atoms with Crippen molar-refractivity contribution < 1.29 is 9.53 Å². The van der Waals surface area contributed by atoms with Crippen molar-refractivity contribution in [2.24, 2.45) is 5.92 Å². The molecule has 4 heteroatoms. The van der Waals surface area contributed by atoms with Gasteiger partial charge >= 0.3 is 5.97 Å². The highest BCUT2D eigenvalue weighted by atomic mass is 16.5. The molecule has 0 saturated heterocycles. The van der Waals surface area contributed by atoms with E-state index in [0.29, 0.717) is 0 Å². The van der Waals surface area contributed by atoms with Crippen LogP contribution in [0.15, 0.2) is 18.2 Å². The summed E-state index contributed by atoms with van der Waals surface area (Å²) in [5.41, 5.74) is 9.26. The fraction of sp³-hybridized carbons (Fsp3) is 0.533. The molecule has 0 aromatic heterocycles. The maximum absolute atomic E-state index is 11.7. The lowest BCUT2D eigenvalue weighted by molar-refractivity contribution is -0.145. The zero-order valence-corrected chi connectivity index (χ0v) is 11.8. The molecular formula is C15H22N2O2. The number of benzene rings is 1. The fourth-order valence-electron chi connectivity index (χ4n) is 2.76. The zero-order chi connectivity index (χ0) is 14.0. The first-order valence-corrected chi connectivity index (χ1v) is 6.78. The number of nitrogens with zero attached hydrogens (tertiary/aromatic N) is 1. The average Bonchev–Trinajstić information content (AvgIpc) is 2.45. The summed E-state index contributed by atoms with van der Waals surface area (Å²) in [5.74, 6) is -0.319. The SMILES string of the molecule is COC(=O)C(C)C(C)N1CCCc2c(N)cccc21. The molecule has 0 radical (unpaired) electrons. The van der Waals surface area contributed by atoms with Gasteiger partial charge in [0.05, 0.1) is 13.0 Å². The highest BCUT2D eigenvalue weighted by molar-refractivity contribution is 5.74. The third-order valence-corrected chi connectivity index (χ3v) is 4.11. The van der Waals surface area contributed by atoms with Crippen LogP contribution in [-0.2, 0) is 16.0 Å². The van der Waals surface area contributed by atoms with Crippen LogP contribution in [0.5, 0.6) is 0 Å². The van der Waals surface area contributed by atoms with Gasteiger partial charge < -0.3 is 15.4 Å². The number of esters is 1. The van der Waals surface area contributed by atoms with Gasteiger partial charge in [0.1, 0.15) is 0 Å². The van der Waals surface area contributed by atoms with E-state index in [2.05, 4.69) is 17.9 Å². The first-order valence-electron chi connectivity index (χ1n) is 6.78. The molecule has 2 atom stereocenters. The van der Waals surface area contributed by atoms with E-state index >= 15 is 0 Å². The van der Waals surface area contributed by atoms with E-state index in [1.807, 2.05) is 19.1 Å². The van der Waals surface area contributed by atoms with E-state index in [1.54, 1.807) is 0 Å². The van der Waals surface area contributed by atoms with Crippen LogP contribution in [0.3, 0.4) is 0 Å². The number of anilines is 2. The summed E-state index contributed by atoms with van der Waals surface area (Å²) >= 11 is 0. The smallest absolute Gasteiger partial charge is 0.310 e. The molecule has 0 bridgehead atoms. The third-order valence-electron chi connectivity index (χ3n) is 4.11. The lowest BCUT2D eigenvalue weighted by Crippen LogP contribution is -2.43. The number of rotatable bonds is 3. The summed E-state index contributed by atoms with van der Waals surface area (Å²) < 4.78 is 4.85. The molecule has 0 spiro atoms. The van der Waals surface area contributed by atoms with Gasteiger partial charge in [0.25, 0.3) is 0 Å². The summed E-state index contributed by atoms with van der Waals surface area (Å²) in [5, 5.41) is 0. The van der Waals surface area contributed by atoms with Gasteiger partial charge in [-0.1, -0.05) is 6.07 Å². The molecule has 0 saturated carbocycles. The number of nitrogen functional groups attached to an aromatic ring is 1. The highest BCUT2D eigenvalue weighted by Crippen LogP contribution is 2.33. The van der Waals surface area contributed by atoms with Crippen molar-refractivity contribution in [3.8, 4) is 0 Å². The Labute approximate surface area is 114 Å². The minimum absolute atomic E-state index is 0.105. The quantitative estimate of drug-likeness (QED) is 0.670. The first kappa shape index (κ1) is 13.7. The van der Waals surface area contributed by atoms with Gasteiger partial charge in [0.2, 0.25) is 0 Å². The molecule has 19 heavy (non-hydrogen) atoms. The molecule has 0 amide bonds. The molecule has 1 heterocycles. The minimum atomic E-state index is -0.163. The molecule has 1 aromatic rings. The lowest BCUT2D eigenvalue weighted by Gasteiger charge is -2.38. The number of hydrogen-bond donors (Lipinski definition) is 1. The van der Waals surface area contributed by atoms with E-state index < -0.39 is 0 Å². The number of carbonyl (C=O) groups excluding carboxylic acids is 1. The van der Waals surface area contributed by atoms with Crippen LogP contribution in [0.2, 0.25) is 0 Å². The number of ether oxygens (including phenoxy) is 1. The number of fused-ring (bicyclic) bond motifs is 1. The number of nitrogens with two attached hydrogens (primary N) is 1. The van der Waals surface area contributed by atoms with Crippen LogP contribution in [0.1, 0.15) is 25.8 Å². The van der Waals surface area contributed by atoms with Gasteiger partial charge in [0, 0.05) is 24.0 Å². The Hall–Kier alpha value is -1.71. The Morgan fingerprint density at radius 2 is 2.16 bits per heavy atom. The van der Waals surface area contributed by atoms with Gasteiger partial charge in [-0.25, -0.2) is 0 Å². The molecule has 1 aliphatic heterocycles. The Balaban J connectivity index is 2.28. The van der Waals surface area contributed by atoms with Crippen molar-refractivity contribution in [3.63, 3.8) is 0 Å². The molecule has 0 aliphatic carbocycles. The summed E-state index contributed by atoms with van der Waals surface area (Å²) in [7, 11) is 1.44. The van der Waals surface area contributed by atoms with Crippen LogP contribution in [0.25, 0.3) is 0 Å². The predicted octanol–water partition coefficient (Wildman–Crippen LogP) is 2.22. The number of hydrogen-bond acceptors (Lipinski definition) is 4. The van der Waals surface area contributed by atoms with Crippen molar-refractivity contribution in [2.45, 2.75) is 32.7 Å². The molecule has 1 aliphatic rings. The molecule has 2 N–H and O–H groups in total. The van der Waals surface area contributed by atoms with Crippen LogP contribution < -0.4 is 10.6 Å². The maximum atomic E-state index is 11.7. The van der Waals surface area contributed by atoms with Gasteiger partial charge in [-0.3, -0.25) is 4.79 Å². The van der Waals surface area contributed by atoms with Gasteiger partial charge in [-0.15, -0.1) is 0 Å². The molecule has 1 aromatic carbocycles. The van der Waals surface area contributed by atoms with Crippen LogP contribution in [0.4, 0.5) is 11.4 Å². The highest BCUT2D eigenvalue weighted by Gasteiger charge is 2.29. The van der Waals surface area contributed by atoms with Crippen LogP contribution >= 0.6 is 0 Å². The summed E-state index contributed by atoms with van der Waals surface area (Å²) in [6.45, 7) is 4.94. The largest absolute Gasteiger partial charge is 0.469 e. The number of methoxy groups -OCH3 is 1. The van der Waals surface area contributed by atoms with Crippen molar-refractivity contribution in [2.75, 3.05) is 24.3 Å². The summed E-state index contributed by atoms with van der Waals surface area (Å²) in [6, 6.07) is 6.11. The van der Waals surface area contributed by atoms with E-state index in [4.69, 9.17) is 10.5 Å². The summed E-state index contributed by atoms with van der Waals surface area (Å²) in [6.07, 6.45) is 2.08. The third kappa shape index (κ3) is 2.53. The molecule has 104 valence electrons. The first-order chi connectivity index (χ1) is 9.06. The normalized spacial score (nSPS) is 17.5. The Kier molecular flexibility index (Phi) is 3.98. The zero-order valence-electron chi connectivity index (χ0n) is 11.8. The Morgan fingerprint density at radius 3 is 2.84 bits per heavy atom. The number of carbonyl (C=O) groups is 1. The van der Waals surface area contributed by atoms with Gasteiger partial charge in [-0.2, -0.15) is 0 Å². The second-order valence-electron chi connectivity index (χ2n) is 5.19. The molecule has 0 fully saturated rings. The topological polar surface area (TPSA) is 55.6 Å². The second kappa shape index (κ2) is 5.51. The Morgan fingerprint density at radius 1 is 1.42 bits per heavy atom. The minimum Gasteiger partial charge on any atom is -0.469 e. The fourth-order valence-corrected chi connectivity index (χ4v) is 2.76.